The van der Waals surface area contributed by atoms with Crippen LogP contribution in [0.3, 0.4) is 0 Å². The first-order valence-electron chi connectivity index (χ1n) is 8.67. The quantitative estimate of drug-likeness (QED) is 0.519. The number of nitrogens with zero attached hydrogens (tertiary/aromatic N) is 5. The normalized spacial score (nSPS) is 11.2. The molecule has 0 unspecified atom stereocenters. The lowest BCUT2D eigenvalue weighted by molar-refractivity contribution is -0.121. The van der Waals surface area contributed by atoms with E-state index in [1.165, 1.54) is 4.57 Å². The van der Waals surface area contributed by atoms with E-state index in [0.717, 1.165) is 10.5 Å². The first kappa shape index (κ1) is 18.2. The summed E-state index contributed by atoms with van der Waals surface area (Å²) < 4.78 is 3.00. The van der Waals surface area contributed by atoms with Gasteiger partial charge in [-0.3, -0.25) is 18.6 Å². The number of hydrogen-bond donors (Lipinski definition) is 1. The van der Waals surface area contributed by atoms with Gasteiger partial charge in [0.25, 0.3) is 5.56 Å². The van der Waals surface area contributed by atoms with Crippen molar-refractivity contribution in [2.45, 2.75) is 24.9 Å². The highest BCUT2D eigenvalue weighted by Crippen LogP contribution is 2.15. The van der Waals surface area contributed by atoms with Gasteiger partial charge in [0.2, 0.25) is 11.6 Å². The number of rotatable bonds is 5. The number of thioether (sulfide) groups is 1. The van der Waals surface area contributed by atoms with E-state index in [0.29, 0.717) is 23.5 Å². The molecule has 142 valence electrons. The van der Waals surface area contributed by atoms with Gasteiger partial charge in [0.15, 0.2) is 5.65 Å². The fourth-order valence-corrected chi connectivity index (χ4v) is 3.46. The van der Waals surface area contributed by atoms with E-state index in [1.807, 2.05) is 30.5 Å². The number of aryl methyl sites for hydroxylation is 1. The lowest BCUT2D eigenvalue weighted by atomic mass is 10.2. The molecule has 4 rings (SSSR count). The van der Waals surface area contributed by atoms with Gasteiger partial charge in [0.1, 0.15) is 12.4 Å². The molecule has 1 N–H and O–H groups in total. The van der Waals surface area contributed by atoms with Crippen LogP contribution in [0.25, 0.3) is 16.8 Å². The maximum atomic E-state index is 12.9. The first-order valence-corrected chi connectivity index (χ1v) is 9.90. The maximum Gasteiger partial charge on any atom is 0.297 e. The SMILES string of the molecule is CSc1ccc(CNC(=O)Cn2c(=O)c3nnc(C)n3c3ncccc32)cc1. The summed E-state index contributed by atoms with van der Waals surface area (Å²) in [5.74, 6) is 0.308. The van der Waals surface area contributed by atoms with Gasteiger partial charge < -0.3 is 5.32 Å². The van der Waals surface area contributed by atoms with Crippen LogP contribution < -0.4 is 10.9 Å². The van der Waals surface area contributed by atoms with Crippen molar-refractivity contribution < 1.29 is 4.79 Å². The topological polar surface area (TPSA) is 94.2 Å². The molecule has 0 atom stereocenters. The number of fused-ring (bicyclic) bond motifs is 3. The van der Waals surface area contributed by atoms with Crippen molar-refractivity contribution in [3.63, 3.8) is 0 Å². The molecule has 0 saturated heterocycles. The van der Waals surface area contributed by atoms with E-state index in [9.17, 15) is 9.59 Å². The Morgan fingerprint density at radius 3 is 2.68 bits per heavy atom. The molecule has 28 heavy (non-hydrogen) atoms. The number of nitrogens with one attached hydrogen (secondary N) is 1. The molecule has 3 heterocycles. The van der Waals surface area contributed by atoms with Gasteiger partial charge in [-0.05, 0) is 43.0 Å². The predicted molar refractivity (Wildman–Crippen MR) is 107 cm³/mol. The van der Waals surface area contributed by atoms with Crippen LogP contribution in [0.15, 0.2) is 52.3 Å². The first-order chi connectivity index (χ1) is 13.6. The highest BCUT2D eigenvalue weighted by molar-refractivity contribution is 7.98. The van der Waals surface area contributed by atoms with Crippen LogP contribution in [0.5, 0.6) is 0 Å². The average Bonchev–Trinajstić information content (AvgIpc) is 3.12. The number of carbonyl (C=O) groups excluding carboxylic acids is 1. The van der Waals surface area contributed by atoms with Crippen molar-refractivity contribution in [1.82, 2.24) is 29.5 Å². The Kier molecular flexibility index (Phi) is 4.82. The summed E-state index contributed by atoms with van der Waals surface area (Å²) in [5, 5.41) is 10.8. The molecular weight excluding hydrogens is 376 g/mol. The second kappa shape index (κ2) is 7.43. The van der Waals surface area contributed by atoms with E-state index >= 15 is 0 Å². The molecule has 0 bridgehead atoms. The number of aromatic nitrogens is 5. The number of pyridine rings is 1. The summed E-state index contributed by atoms with van der Waals surface area (Å²) in [6.07, 6.45) is 3.65. The molecule has 3 aromatic heterocycles. The van der Waals surface area contributed by atoms with E-state index in [4.69, 9.17) is 0 Å². The Hall–Kier alpha value is -3.20. The van der Waals surface area contributed by atoms with Gasteiger partial charge in [-0.15, -0.1) is 22.0 Å². The van der Waals surface area contributed by atoms with Crippen molar-refractivity contribution in [2.24, 2.45) is 0 Å². The molecule has 1 amide bonds. The Bertz CT molecular complexity index is 1230. The zero-order chi connectivity index (χ0) is 19.7. The number of amides is 1. The van der Waals surface area contributed by atoms with Crippen LogP contribution in [0.4, 0.5) is 0 Å². The molecule has 0 aliphatic carbocycles. The van der Waals surface area contributed by atoms with Crippen LogP contribution in [0.2, 0.25) is 0 Å². The number of carbonyl (C=O) groups is 1. The summed E-state index contributed by atoms with van der Waals surface area (Å²) in [5.41, 5.74) is 1.88. The Labute approximate surface area is 164 Å². The molecule has 1 aromatic carbocycles. The van der Waals surface area contributed by atoms with Crippen molar-refractivity contribution in [3.05, 3.63) is 64.3 Å². The van der Waals surface area contributed by atoms with Crippen LogP contribution in [-0.2, 0) is 17.9 Å². The molecule has 0 fully saturated rings. The van der Waals surface area contributed by atoms with Gasteiger partial charge in [0.05, 0.1) is 5.52 Å². The minimum absolute atomic E-state index is 0.119. The highest BCUT2D eigenvalue weighted by Gasteiger charge is 2.17. The fraction of sp³-hybridized carbons (Fsp3) is 0.211. The lowest BCUT2D eigenvalue weighted by Crippen LogP contribution is -2.33. The molecule has 9 heteroatoms. The molecule has 0 saturated carbocycles. The molecule has 0 aliphatic heterocycles. The zero-order valence-corrected chi connectivity index (χ0v) is 16.2. The van der Waals surface area contributed by atoms with Gasteiger partial charge in [0, 0.05) is 17.6 Å². The van der Waals surface area contributed by atoms with E-state index in [1.54, 1.807) is 41.4 Å². The Morgan fingerprint density at radius 1 is 1.14 bits per heavy atom. The lowest BCUT2D eigenvalue weighted by Gasteiger charge is -2.12. The largest absolute Gasteiger partial charge is 0.350 e. The highest BCUT2D eigenvalue weighted by atomic mass is 32.2. The third-order valence-corrected chi connectivity index (χ3v) is 5.22. The van der Waals surface area contributed by atoms with E-state index in [-0.39, 0.29) is 23.7 Å². The second-order valence-corrected chi connectivity index (χ2v) is 7.15. The van der Waals surface area contributed by atoms with Crippen LogP contribution in [0, 0.1) is 6.92 Å². The smallest absolute Gasteiger partial charge is 0.297 e. The molecule has 0 aliphatic rings. The van der Waals surface area contributed by atoms with Crippen molar-refractivity contribution >= 4 is 34.5 Å². The summed E-state index contributed by atoms with van der Waals surface area (Å²) >= 11 is 1.66. The standard InChI is InChI=1S/C19H18N6O2S/c1-12-22-23-18-19(27)24(15-4-3-9-20-17(15)25(12)18)11-16(26)21-10-13-5-7-14(28-2)8-6-13/h3-9H,10-11H2,1-2H3,(H,21,26). The summed E-state index contributed by atoms with van der Waals surface area (Å²) in [4.78, 5) is 30.9. The summed E-state index contributed by atoms with van der Waals surface area (Å²) in [6, 6.07) is 11.5. The molecule has 4 aromatic rings. The summed E-state index contributed by atoms with van der Waals surface area (Å²) in [7, 11) is 0. The van der Waals surface area contributed by atoms with Crippen molar-refractivity contribution in [1.29, 1.82) is 0 Å². The maximum absolute atomic E-state index is 12.9. The second-order valence-electron chi connectivity index (χ2n) is 6.27. The molecule has 8 nitrogen and oxygen atoms in total. The third kappa shape index (κ3) is 3.24. The predicted octanol–water partition coefficient (Wildman–Crippen LogP) is 1.79. The number of hydrogen-bond acceptors (Lipinski definition) is 6. The van der Waals surface area contributed by atoms with E-state index < -0.39 is 0 Å². The van der Waals surface area contributed by atoms with Gasteiger partial charge in [-0.1, -0.05) is 12.1 Å². The minimum atomic E-state index is -0.374. The molecular formula is C19H18N6O2S. The summed E-state index contributed by atoms with van der Waals surface area (Å²) in [6.45, 7) is 2.03. The monoisotopic (exact) mass is 394 g/mol. The van der Waals surface area contributed by atoms with Gasteiger partial charge >= 0.3 is 0 Å². The Balaban J connectivity index is 1.62. The number of benzene rings is 1. The Morgan fingerprint density at radius 2 is 1.93 bits per heavy atom. The molecule has 0 spiro atoms. The van der Waals surface area contributed by atoms with Crippen molar-refractivity contribution in [2.75, 3.05) is 6.26 Å². The van der Waals surface area contributed by atoms with Crippen molar-refractivity contribution in [3.8, 4) is 0 Å². The minimum Gasteiger partial charge on any atom is -0.350 e. The van der Waals surface area contributed by atoms with Crippen LogP contribution >= 0.6 is 11.8 Å². The van der Waals surface area contributed by atoms with Gasteiger partial charge in [-0.25, -0.2) is 4.98 Å². The third-order valence-electron chi connectivity index (χ3n) is 4.48. The zero-order valence-electron chi connectivity index (χ0n) is 15.4. The fourth-order valence-electron chi connectivity index (χ4n) is 3.06. The van der Waals surface area contributed by atoms with Crippen LogP contribution in [-0.4, -0.2) is 36.3 Å². The average molecular weight is 394 g/mol. The van der Waals surface area contributed by atoms with Gasteiger partial charge in [-0.2, -0.15) is 0 Å². The van der Waals surface area contributed by atoms with E-state index in [2.05, 4.69) is 20.5 Å². The van der Waals surface area contributed by atoms with Crippen LogP contribution in [0.1, 0.15) is 11.4 Å². The molecule has 0 radical (unpaired) electrons.